The molecule has 0 bridgehead atoms. The molecular weight excluding hydrogens is 170 g/mol. The summed E-state index contributed by atoms with van der Waals surface area (Å²) in [6.07, 6.45) is 3.14. The number of hydrazine groups is 1. The molecule has 0 fully saturated rings. The third-order valence-electron chi connectivity index (χ3n) is 1.50. The molecule has 5 nitrogen and oxygen atoms in total. The van der Waals surface area contributed by atoms with Crippen molar-refractivity contribution in [3.8, 4) is 0 Å². The highest BCUT2D eigenvalue weighted by Crippen LogP contribution is 1.99. The summed E-state index contributed by atoms with van der Waals surface area (Å²) in [5.74, 6) is 5.89. The smallest absolute Gasteiger partial charge is 0.145 e. The van der Waals surface area contributed by atoms with Crippen LogP contribution in [0.2, 0.25) is 0 Å². The van der Waals surface area contributed by atoms with E-state index in [-0.39, 0.29) is 0 Å². The topological polar surface area (TPSA) is 72.8 Å². The Morgan fingerprint density at radius 3 is 3.15 bits per heavy atom. The van der Waals surface area contributed by atoms with E-state index in [4.69, 9.17) is 15.0 Å². The van der Waals surface area contributed by atoms with Crippen molar-refractivity contribution >= 4 is 5.84 Å². The number of hydrogen-bond donors (Lipinski definition) is 2. The minimum absolute atomic E-state index is 0.571. The lowest BCUT2D eigenvalue weighted by molar-refractivity contribution is 0.208. The molecule has 3 N–H and O–H groups in total. The molecule has 0 saturated carbocycles. The molecule has 1 rings (SSSR count). The maximum Gasteiger partial charge on any atom is 0.145 e. The normalized spacial score (nSPS) is 11.7. The van der Waals surface area contributed by atoms with Gasteiger partial charge in [0.05, 0.1) is 25.0 Å². The molecule has 0 radical (unpaired) electrons. The van der Waals surface area contributed by atoms with Crippen LogP contribution in [0, 0.1) is 0 Å². The van der Waals surface area contributed by atoms with Gasteiger partial charge in [-0.15, -0.1) is 0 Å². The number of rotatable bonds is 4. The molecule has 1 heterocycles. The van der Waals surface area contributed by atoms with Gasteiger partial charge in [-0.1, -0.05) is 0 Å². The molecule has 1 aromatic heterocycles. The molecule has 5 heteroatoms. The van der Waals surface area contributed by atoms with Crippen LogP contribution in [-0.2, 0) is 4.74 Å². The van der Waals surface area contributed by atoms with Gasteiger partial charge in [-0.3, -0.25) is 4.99 Å². The van der Waals surface area contributed by atoms with Gasteiger partial charge in [0.15, 0.2) is 0 Å². The van der Waals surface area contributed by atoms with E-state index in [0.717, 1.165) is 5.56 Å². The van der Waals surface area contributed by atoms with E-state index in [1.54, 1.807) is 25.7 Å². The Hall–Kier alpha value is -1.33. The molecule has 0 unspecified atom stereocenters. The molecule has 0 aromatic carbocycles. The third-order valence-corrected chi connectivity index (χ3v) is 1.50. The fourth-order valence-electron chi connectivity index (χ4n) is 0.868. The summed E-state index contributed by atoms with van der Waals surface area (Å²) in [6, 6.07) is 1.78. The Morgan fingerprint density at radius 2 is 2.62 bits per heavy atom. The molecule has 0 atom stereocenters. The monoisotopic (exact) mass is 183 g/mol. The van der Waals surface area contributed by atoms with E-state index in [2.05, 4.69) is 10.4 Å². The number of nitrogens with one attached hydrogen (secondary N) is 1. The zero-order chi connectivity index (χ0) is 9.52. The van der Waals surface area contributed by atoms with Gasteiger partial charge in [0.1, 0.15) is 12.1 Å². The number of nitrogens with two attached hydrogens (primary N) is 1. The molecule has 0 aliphatic rings. The molecule has 0 aliphatic heterocycles. The lowest BCUT2D eigenvalue weighted by Crippen LogP contribution is -2.31. The van der Waals surface area contributed by atoms with E-state index in [1.807, 2.05) is 0 Å². The van der Waals surface area contributed by atoms with E-state index < -0.39 is 0 Å². The van der Waals surface area contributed by atoms with Gasteiger partial charge >= 0.3 is 0 Å². The van der Waals surface area contributed by atoms with Crippen molar-refractivity contribution < 1.29 is 9.15 Å². The standard InChI is InChI=1S/C8H13N3O2/c1-12-5-3-10-8(11-9)7-2-4-13-6-7/h2,4,6H,3,5,9H2,1H3,(H,10,11). The van der Waals surface area contributed by atoms with E-state index in [0.29, 0.717) is 19.0 Å². The van der Waals surface area contributed by atoms with E-state index in [1.165, 1.54) is 0 Å². The largest absolute Gasteiger partial charge is 0.472 e. The predicted molar refractivity (Wildman–Crippen MR) is 49.3 cm³/mol. The van der Waals surface area contributed by atoms with Crippen molar-refractivity contribution in [3.63, 3.8) is 0 Å². The first kappa shape index (κ1) is 9.76. The number of hydrogen-bond acceptors (Lipinski definition) is 4. The molecular formula is C8H13N3O2. The molecule has 72 valence electrons. The lowest BCUT2D eigenvalue weighted by Gasteiger charge is -2.01. The summed E-state index contributed by atoms with van der Waals surface area (Å²) in [4.78, 5) is 4.17. The Kier molecular flexibility index (Phi) is 4.01. The van der Waals surface area contributed by atoms with Gasteiger partial charge in [-0.25, -0.2) is 5.84 Å². The van der Waals surface area contributed by atoms with Gasteiger partial charge in [0, 0.05) is 7.11 Å². The van der Waals surface area contributed by atoms with Crippen molar-refractivity contribution in [2.24, 2.45) is 10.8 Å². The summed E-state index contributed by atoms with van der Waals surface area (Å²) < 4.78 is 9.75. The van der Waals surface area contributed by atoms with Crippen LogP contribution in [0.5, 0.6) is 0 Å². The Balaban J connectivity index is 2.57. The minimum atomic E-state index is 0.571. The second-order valence-corrected chi connectivity index (χ2v) is 2.38. The maximum atomic E-state index is 5.28. The molecule has 13 heavy (non-hydrogen) atoms. The molecule has 0 saturated heterocycles. The van der Waals surface area contributed by atoms with Crippen LogP contribution in [0.1, 0.15) is 5.56 Å². The second-order valence-electron chi connectivity index (χ2n) is 2.38. The second kappa shape index (κ2) is 5.34. The Labute approximate surface area is 76.6 Å². The first-order valence-electron chi connectivity index (χ1n) is 3.91. The fraction of sp³-hybridized carbons (Fsp3) is 0.375. The average Bonchev–Trinajstić information content (AvgIpc) is 2.65. The van der Waals surface area contributed by atoms with Crippen LogP contribution in [0.4, 0.5) is 0 Å². The number of ether oxygens (including phenoxy) is 1. The lowest BCUT2D eigenvalue weighted by atomic mass is 10.3. The average molecular weight is 183 g/mol. The highest BCUT2D eigenvalue weighted by molar-refractivity contribution is 5.97. The maximum absolute atomic E-state index is 5.28. The van der Waals surface area contributed by atoms with Crippen molar-refractivity contribution in [1.82, 2.24) is 5.43 Å². The number of methoxy groups -OCH3 is 1. The predicted octanol–water partition coefficient (Wildman–Crippen LogP) is 0.136. The van der Waals surface area contributed by atoms with Crippen molar-refractivity contribution in [1.29, 1.82) is 0 Å². The van der Waals surface area contributed by atoms with E-state index >= 15 is 0 Å². The van der Waals surface area contributed by atoms with Crippen molar-refractivity contribution in [2.75, 3.05) is 20.3 Å². The summed E-state index contributed by atoms with van der Waals surface area (Å²) in [5, 5.41) is 0. The highest BCUT2D eigenvalue weighted by atomic mass is 16.5. The summed E-state index contributed by atoms with van der Waals surface area (Å²) in [7, 11) is 1.63. The quantitative estimate of drug-likeness (QED) is 0.229. The minimum Gasteiger partial charge on any atom is -0.472 e. The van der Waals surface area contributed by atoms with Crippen LogP contribution < -0.4 is 11.3 Å². The Bertz CT molecular complexity index is 256. The highest BCUT2D eigenvalue weighted by Gasteiger charge is 2.01. The van der Waals surface area contributed by atoms with Gasteiger partial charge in [-0.05, 0) is 6.07 Å². The number of amidine groups is 1. The molecule has 0 aliphatic carbocycles. The number of aliphatic imine (C=N–C) groups is 1. The van der Waals surface area contributed by atoms with Gasteiger partial charge in [-0.2, -0.15) is 0 Å². The van der Waals surface area contributed by atoms with Gasteiger partial charge < -0.3 is 14.6 Å². The molecule has 0 amide bonds. The van der Waals surface area contributed by atoms with Crippen molar-refractivity contribution in [2.45, 2.75) is 0 Å². The first-order valence-corrected chi connectivity index (χ1v) is 3.91. The third kappa shape index (κ3) is 2.89. The summed E-state index contributed by atoms with van der Waals surface area (Å²) >= 11 is 0. The van der Waals surface area contributed by atoms with Crippen LogP contribution in [0.15, 0.2) is 28.0 Å². The number of furan rings is 1. The van der Waals surface area contributed by atoms with Crippen LogP contribution in [0.3, 0.4) is 0 Å². The fourth-order valence-corrected chi connectivity index (χ4v) is 0.868. The van der Waals surface area contributed by atoms with Crippen LogP contribution in [-0.4, -0.2) is 26.1 Å². The van der Waals surface area contributed by atoms with Gasteiger partial charge in [0.2, 0.25) is 0 Å². The zero-order valence-corrected chi connectivity index (χ0v) is 7.49. The van der Waals surface area contributed by atoms with Crippen LogP contribution >= 0.6 is 0 Å². The first-order chi connectivity index (χ1) is 6.38. The van der Waals surface area contributed by atoms with Gasteiger partial charge in [0.25, 0.3) is 0 Å². The molecule has 0 spiro atoms. The molecule has 1 aromatic rings. The summed E-state index contributed by atoms with van der Waals surface area (Å²) in [6.45, 7) is 1.14. The van der Waals surface area contributed by atoms with Crippen molar-refractivity contribution in [3.05, 3.63) is 24.2 Å². The van der Waals surface area contributed by atoms with E-state index in [9.17, 15) is 0 Å². The Morgan fingerprint density at radius 1 is 1.77 bits per heavy atom. The SMILES string of the molecule is COCCN=C(NN)c1ccoc1. The van der Waals surface area contributed by atoms with Crippen LogP contribution in [0.25, 0.3) is 0 Å². The zero-order valence-electron chi connectivity index (χ0n) is 7.49. The number of nitrogens with zero attached hydrogens (tertiary/aromatic N) is 1. The summed E-state index contributed by atoms with van der Waals surface area (Å²) in [5.41, 5.74) is 3.33.